The van der Waals surface area contributed by atoms with Crippen LogP contribution in [0, 0.1) is 6.92 Å². The summed E-state index contributed by atoms with van der Waals surface area (Å²) in [5.74, 6) is 0.354. The number of anilines is 1. The maximum atomic E-state index is 13.5. The number of rotatable bonds is 10. The van der Waals surface area contributed by atoms with Crippen molar-refractivity contribution in [1.82, 2.24) is 9.29 Å². The molecule has 1 aromatic heterocycles. The Hall–Kier alpha value is -4.15. The lowest BCUT2D eigenvalue weighted by molar-refractivity contribution is -0.137. The predicted molar refractivity (Wildman–Crippen MR) is 142 cm³/mol. The molecule has 0 unspecified atom stereocenters. The van der Waals surface area contributed by atoms with Gasteiger partial charge in [0.25, 0.3) is 0 Å². The summed E-state index contributed by atoms with van der Waals surface area (Å²) in [6.45, 7) is 1.46. The topological polar surface area (TPSA) is 113 Å². The summed E-state index contributed by atoms with van der Waals surface area (Å²) in [6, 6.07) is 23.7. The van der Waals surface area contributed by atoms with Crippen molar-refractivity contribution in [2.24, 2.45) is 0 Å². The second kappa shape index (κ2) is 10.7. The summed E-state index contributed by atoms with van der Waals surface area (Å²) < 4.78 is 41.1. The molecule has 10 heteroatoms. The minimum Gasteiger partial charge on any atom is -0.486 e. The van der Waals surface area contributed by atoms with Crippen molar-refractivity contribution in [2.45, 2.75) is 26.5 Å². The second-order valence-electron chi connectivity index (χ2n) is 8.95. The Kier molecular flexibility index (Phi) is 7.17. The van der Waals surface area contributed by atoms with Gasteiger partial charge in [-0.1, -0.05) is 48.5 Å². The first-order valence-electron chi connectivity index (χ1n) is 12.1. The van der Waals surface area contributed by atoms with Crippen molar-refractivity contribution in [3.63, 3.8) is 0 Å². The molecule has 0 spiro atoms. The SMILES string of the molecule is Cc1nc(-c2ccccc2)oc1COc1cccc(CN(CC(=O)O)S(=O)(=O)N2CCc3ccccc32)c1. The Morgan fingerprint density at radius 3 is 2.63 bits per heavy atom. The molecule has 38 heavy (non-hydrogen) atoms. The highest BCUT2D eigenvalue weighted by Crippen LogP contribution is 2.32. The van der Waals surface area contributed by atoms with Crippen LogP contribution in [-0.2, 0) is 34.6 Å². The van der Waals surface area contributed by atoms with E-state index in [1.165, 1.54) is 4.31 Å². The minimum atomic E-state index is -4.08. The van der Waals surface area contributed by atoms with E-state index >= 15 is 0 Å². The van der Waals surface area contributed by atoms with Gasteiger partial charge in [-0.15, -0.1) is 0 Å². The number of para-hydroxylation sites is 1. The summed E-state index contributed by atoms with van der Waals surface area (Å²) in [4.78, 5) is 16.1. The van der Waals surface area contributed by atoms with Gasteiger partial charge in [-0.05, 0) is 54.8 Å². The number of aliphatic carboxylic acids is 1. The van der Waals surface area contributed by atoms with Crippen LogP contribution in [0.5, 0.6) is 5.75 Å². The fourth-order valence-corrected chi connectivity index (χ4v) is 6.02. The van der Waals surface area contributed by atoms with Crippen LogP contribution in [0.25, 0.3) is 11.5 Å². The molecule has 0 fully saturated rings. The number of ether oxygens (including phenoxy) is 1. The molecule has 9 nitrogen and oxygen atoms in total. The van der Waals surface area contributed by atoms with Crippen molar-refractivity contribution in [2.75, 3.05) is 17.4 Å². The molecule has 196 valence electrons. The van der Waals surface area contributed by atoms with Gasteiger partial charge < -0.3 is 14.3 Å². The van der Waals surface area contributed by atoms with Gasteiger partial charge in [-0.3, -0.25) is 9.10 Å². The highest BCUT2D eigenvalue weighted by atomic mass is 32.2. The minimum absolute atomic E-state index is 0.121. The van der Waals surface area contributed by atoms with Gasteiger partial charge in [0.1, 0.15) is 18.9 Å². The van der Waals surface area contributed by atoms with Crippen molar-refractivity contribution in [3.8, 4) is 17.2 Å². The highest BCUT2D eigenvalue weighted by molar-refractivity contribution is 7.90. The Morgan fingerprint density at radius 1 is 1.08 bits per heavy atom. The molecule has 2 heterocycles. The quantitative estimate of drug-likeness (QED) is 0.321. The number of carbonyl (C=O) groups is 1. The van der Waals surface area contributed by atoms with Crippen molar-refractivity contribution in [1.29, 1.82) is 0 Å². The third kappa shape index (κ3) is 5.41. The highest BCUT2D eigenvalue weighted by Gasteiger charge is 2.35. The van der Waals surface area contributed by atoms with E-state index in [4.69, 9.17) is 9.15 Å². The van der Waals surface area contributed by atoms with Crippen LogP contribution < -0.4 is 9.04 Å². The number of benzene rings is 3. The van der Waals surface area contributed by atoms with Crippen molar-refractivity contribution < 1.29 is 27.5 Å². The normalized spacial score (nSPS) is 13.1. The third-order valence-electron chi connectivity index (χ3n) is 6.30. The van der Waals surface area contributed by atoms with Crippen LogP contribution >= 0.6 is 0 Å². The summed E-state index contributed by atoms with van der Waals surface area (Å²) in [5, 5.41) is 9.47. The maximum Gasteiger partial charge on any atom is 0.318 e. The van der Waals surface area contributed by atoms with E-state index in [0.29, 0.717) is 40.8 Å². The van der Waals surface area contributed by atoms with Gasteiger partial charge in [-0.25, -0.2) is 4.98 Å². The predicted octanol–water partition coefficient (Wildman–Crippen LogP) is 4.42. The molecular weight excluding hydrogens is 506 g/mol. The van der Waals surface area contributed by atoms with E-state index in [1.54, 1.807) is 36.4 Å². The lowest BCUT2D eigenvalue weighted by Crippen LogP contribution is -2.45. The summed E-state index contributed by atoms with van der Waals surface area (Å²) >= 11 is 0. The van der Waals surface area contributed by atoms with Gasteiger partial charge >= 0.3 is 16.2 Å². The average molecular weight is 534 g/mol. The number of aromatic nitrogens is 1. The molecule has 0 radical (unpaired) electrons. The van der Waals surface area contributed by atoms with E-state index < -0.39 is 22.7 Å². The first kappa shape index (κ1) is 25.5. The number of carboxylic acid groups (broad SMARTS) is 1. The number of nitrogens with zero attached hydrogens (tertiary/aromatic N) is 3. The number of hydrogen-bond donors (Lipinski definition) is 1. The molecule has 0 saturated heterocycles. The number of fused-ring (bicyclic) bond motifs is 1. The average Bonchev–Trinajstić information content (AvgIpc) is 3.51. The van der Waals surface area contributed by atoms with E-state index in [0.717, 1.165) is 15.4 Å². The number of aryl methyl sites for hydroxylation is 1. The van der Waals surface area contributed by atoms with Crippen LogP contribution in [0.3, 0.4) is 0 Å². The molecule has 5 rings (SSSR count). The van der Waals surface area contributed by atoms with E-state index in [2.05, 4.69) is 4.98 Å². The van der Waals surface area contributed by atoms with Crippen LogP contribution in [-0.4, -0.2) is 41.9 Å². The molecule has 1 aliphatic heterocycles. The number of carboxylic acids is 1. The van der Waals surface area contributed by atoms with Gasteiger partial charge in [-0.2, -0.15) is 12.7 Å². The maximum absolute atomic E-state index is 13.5. The smallest absolute Gasteiger partial charge is 0.318 e. The van der Waals surface area contributed by atoms with Gasteiger partial charge in [0.2, 0.25) is 5.89 Å². The summed E-state index contributed by atoms with van der Waals surface area (Å²) in [5.41, 5.74) is 3.67. The molecule has 0 amide bonds. The van der Waals surface area contributed by atoms with E-state index in [9.17, 15) is 18.3 Å². The molecule has 0 bridgehead atoms. The molecule has 3 aromatic carbocycles. The van der Waals surface area contributed by atoms with Crippen LogP contribution in [0.1, 0.15) is 22.6 Å². The Bertz CT molecular complexity index is 1550. The summed E-state index contributed by atoms with van der Waals surface area (Å²) in [6.07, 6.45) is 0.576. The molecule has 0 atom stereocenters. The number of oxazole rings is 1. The monoisotopic (exact) mass is 533 g/mol. The molecule has 1 N–H and O–H groups in total. The zero-order chi connectivity index (χ0) is 26.7. The number of hydrogen-bond acceptors (Lipinski definition) is 6. The largest absolute Gasteiger partial charge is 0.486 e. The molecule has 0 aliphatic carbocycles. The van der Waals surface area contributed by atoms with Crippen molar-refractivity contribution in [3.05, 3.63) is 101 Å². The van der Waals surface area contributed by atoms with Gasteiger partial charge in [0.05, 0.1) is 11.4 Å². The molecule has 1 aliphatic rings. The fraction of sp³-hybridized carbons (Fsp3) is 0.214. The molecule has 0 saturated carbocycles. The van der Waals surface area contributed by atoms with E-state index in [1.807, 2.05) is 49.4 Å². The van der Waals surface area contributed by atoms with Crippen molar-refractivity contribution >= 4 is 21.9 Å². The Balaban J connectivity index is 1.32. The van der Waals surface area contributed by atoms with Crippen LogP contribution in [0.2, 0.25) is 0 Å². The Labute approximate surface area is 221 Å². The molecular formula is C28H27N3O6S. The first-order valence-corrected chi connectivity index (χ1v) is 13.5. The van der Waals surface area contributed by atoms with Crippen LogP contribution in [0.15, 0.2) is 83.3 Å². The standard InChI is InChI=1S/C28H27N3O6S/c1-20-26(37-28(29-20)23-10-3-2-4-11-23)19-36-24-12-7-8-21(16-24)17-30(18-27(32)33)38(34,35)31-15-14-22-9-5-6-13-25(22)31/h2-13,16H,14-15,17-19H2,1H3,(H,32,33). The van der Waals surface area contributed by atoms with Gasteiger partial charge in [0.15, 0.2) is 5.76 Å². The van der Waals surface area contributed by atoms with E-state index in [-0.39, 0.29) is 19.7 Å². The zero-order valence-corrected chi connectivity index (χ0v) is 21.6. The first-order chi connectivity index (χ1) is 18.3. The third-order valence-corrected chi connectivity index (χ3v) is 8.15. The lowest BCUT2D eigenvalue weighted by atomic mass is 10.2. The second-order valence-corrected chi connectivity index (χ2v) is 10.8. The van der Waals surface area contributed by atoms with Crippen LogP contribution in [0.4, 0.5) is 5.69 Å². The Morgan fingerprint density at radius 2 is 1.84 bits per heavy atom. The lowest BCUT2D eigenvalue weighted by Gasteiger charge is -2.28. The summed E-state index contributed by atoms with van der Waals surface area (Å²) in [7, 11) is -4.08. The molecule has 4 aromatic rings. The fourth-order valence-electron chi connectivity index (χ4n) is 4.41. The van der Waals surface area contributed by atoms with Gasteiger partial charge in [0, 0.05) is 18.7 Å². The zero-order valence-electron chi connectivity index (χ0n) is 20.8.